The minimum atomic E-state index is -0.917. The first kappa shape index (κ1) is 24.0. The molecule has 2 atom stereocenters. The Labute approximate surface area is 211 Å². The van der Waals surface area contributed by atoms with Crippen molar-refractivity contribution in [2.24, 2.45) is 0 Å². The van der Waals surface area contributed by atoms with Gasteiger partial charge >= 0.3 is 35.5 Å². The number of aromatic carboxylic acids is 1. The van der Waals surface area contributed by atoms with Crippen molar-refractivity contribution in [3.63, 3.8) is 0 Å². The third kappa shape index (κ3) is 5.78. The average Bonchev–Trinajstić information content (AvgIpc) is 2.77. The predicted molar refractivity (Wildman–Crippen MR) is 120 cm³/mol. The summed E-state index contributed by atoms with van der Waals surface area (Å²) in [6.45, 7) is 0.458. The minimum absolute atomic E-state index is 0. The first-order chi connectivity index (χ1) is 14.5. The van der Waals surface area contributed by atoms with Gasteiger partial charge < -0.3 is 17.0 Å². The van der Waals surface area contributed by atoms with Gasteiger partial charge in [-0.25, -0.2) is 4.79 Å². The summed E-state index contributed by atoms with van der Waals surface area (Å²) < 4.78 is 0. The van der Waals surface area contributed by atoms with Crippen LogP contribution in [-0.4, -0.2) is 28.8 Å². The van der Waals surface area contributed by atoms with Gasteiger partial charge in [0.05, 0.1) is 11.7 Å². The van der Waals surface area contributed by atoms with Crippen LogP contribution in [0.5, 0.6) is 0 Å². The average molecular weight is 446 g/mol. The van der Waals surface area contributed by atoms with Gasteiger partial charge in [0.15, 0.2) is 0 Å². The van der Waals surface area contributed by atoms with Crippen molar-refractivity contribution in [1.29, 1.82) is 0 Å². The van der Waals surface area contributed by atoms with E-state index in [9.17, 15) is 9.90 Å². The Kier molecular flexibility index (Phi) is 8.34. The first-order valence-corrected chi connectivity index (χ1v) is 10.5. The van der Waals surface area contributed by atoms with Crippen LogP contribution < -0.4 is 34.9 Å². The molecular formula is C25H25ClNNaO3. The third-order valence-corrected chi connectivity index (χ3v) is 6.11. The maximum absolute atomic E-state index is 11.1. The number of rotatable bonds is 6. The van der Waals surface area contributed by atoms with Gasteiger partial charge in [0.1, 0.15) is 0 Å². The topological polar surface area (TPSA) is 69.6 Å². The van der Waals surface area contributed by atoms with E-state index >= 15 is 0 Å². The fourth-order valence-electron chi connectivity index (χ4n) is 4.05. The Balaban J connectivity index is 0.00000181. The second kappa shape index (κ2) is 10.8. The summed E-state index contributed by atoms with van der Waals surface area (Å²) in [6, 6.07) is 21.1. The molecule has 0 unspecified atom stereocenters. The summed E-state index contributed by atoms with van der Waals surface area (Å²) in [7, 11) is 0. The summed E-state index contributed by atoms with van der Waals surface area (Å²) >= 11 is 6.19. The van der Waals surface area contributed by atoms with E-state index in [1.165, 1.54) is 11.1 Å². The van der Waals surface area contributed by atoms with Crippen molar-refractivity contribution >= 4 is 17.6 Å². The van der Waals surface area contributed by atoms with Crippen molar-refractivity contribution in [3.05, 3.63) is 94.0 Å². The number of nitrogens with one attached hydrogen (secondary N) is 1. The number of carbonyl (C=O) groups is 1. The molecule has 4 nitrogen and oxygen atoms in total. The molecular weight excluding hydrogens is 421 g/mol. The van der Waals surface area contributed by atoms with E-state index in [4.69, 9.17) is 16.7 Å². The Bertz CT molecular complexity index is 1060. The van der Waals surface area contributed by atoms with Crippen molar-refractivity contribution in [1.82, 2.24) is 5.32 Å². The second-order valence-corrected chi connectivity index (χ2v) is 8.16. The van der Waals surface area contributed by atoms with Gasteiger partial charge in [0, 0.05) is 23.2 Å². The Morgan fingerprint density at radius 3 is 2.48 bits per heavy atom. The maximum atomic E-state index is 11.1. The largest absolute Gasteiger partial charge is 1.00 e. The molecule has 0 radical (unpaired) electrons. The molecule has 0 spiro atoms. The number of aryl methyl sites for hydroxylation is 1. The van der Waals surface area contributed by atoms with E-state index in [2.05, 4.69) is 23.5 Å². The van der Waals surface area contributed by atoms with E-state index in [0.29, 0.717) is 17.6 Å². The van der Waals surface area contributed by atoms with Gasteiger partial charge in [0.25, 0.3) is 0 Å². The number of carboxylic acids is 1. The fourth-order valence-corrected chi connectivity index (χ4v) is 4.31. The molecule has 4 rings (SSSR count). The van der Waals surface area contributed by atoms with E-state index in [1.54, 1.807) is 18.2 Å². The summed E-state index contributed by atoms with van der Waals surface area (Å²) in [5.41, 5.74) is 5.78. The van der Waals surface area contributed by atoms with Crippen molar-refractivity contribution < 1.29 is 46.0 Å². The van der Waals surface area contributed by atoms with Crippen LogP contribution in [0.2, 0.25) is 5.02 Å². The minimum Gasteiger partial charge on any atom is -1.00 e. The summed E-state index contributed by atoms with van der Waals surface area (Å²) in [5.74, 6) is -0.917. The summed E-state index contributed by atoms with van der Waals surface area (Å²) in [5, 5.41) is 23.6. The number of aliphatic hydroxyl groups is 1. The van der Waals surface area contributed by atoms with Crippen LogP contribution in [0.3, 0.4) is 0 Å². The number of benzene rings is 3. The van der Waals surface area contributed by atoms with Crippen LogP contribution in [0.1, 0.15) is 41.0 Å². The summed E-state index contributed by atoms with van der Waals surface area (Å²) in [4.78, 5) is 11.1. The van der Waals surface area contributed by atoms with Gasteiger partial charge in [-0.05, 0) is 59.7 Å². The SMILES string of the molecule is O=C(O)c1ccc(-c2ccc3c(c2)C[C@@H](NC[C@@H](O)c2ccccc2Cl)CC3)cc1.[H-].[Na+]. The zero-order chi connectivity index (χ0) is 21.1. The molecule has 0 aromatic heterocycles. The Morgan fingerprint density at radius 2 is 1.77 bits per heavy atom. The van der Waals surface area contributed by atoms with Crippen LogP contribution in [0.25, 0.3) is 11.1 Å². The monoisotopic (exact) mass is 445 g/mol. The first-order valence-electron chi connectivity index (χ1n) is 10.1. The number of aliphatic hydroxyl groups excluding tert-OH is 1. The quantitative estimate of drug-likeness (QED) is 0.508. The number of hydrogen-bond donors (Lipinski definition) is 3. The van der Waals surface area contributed by atoms with E-state index < -0.39 is 12.1 Å². The zero-order valence-electron chi connectivity index (χ0n) is 18.5. The van der Waals surface area contributed by atoms with Crippen LogP contribution in [-0.2, 0) is 12.8 Å². The molecule has 1 aliphatic rings. The van der Waals surface area contributed by atoms with Gasteiger partial charge in [0.2, 0.25) is 0 Å². The molecule has 0 saturated carbocycles. The molecule has 0 fully saturated rings. The van der Waals surface area contributed by atoms with Gasteiger partial charge in [-0.15, -0.1) is 0 Å². The molecule has 1 aliphatic carbocycles. The van der Waals surface area contributed by atoms with Gasteiger partial charge in [-0.1, -0.05) is 60.1 Å². The summed E-state index contributed by atoms with van der Waals surface area (Å²) in [6.07, 6.45) is 2.27. The number of carboxylic acid groups (broad SMARTS) is 1. The number of halogens is 1. The van der Waals surface area contributed by atoms with Crippen molar-refractivity contribution in [2.75, 3.05) is 6.54 Å². The van der Waals surface area contributed by atoms with E-state index in [-0.39, 0.29) is 36.5 Å². The molecule has 0 bridgehead atoms. The molecule has 0 aliphatic heterocycles. The zero-order valence-corrected chi connectivity index (χ0v) is 20.3. The second-order valence-electron chi connectivity index (χ2n) is 7.75. The molecule has 31 heavy (non-hydrogen) atoms. The van der Waals surface area contributed by atoms with Gasteiger partial charge in [-0.2, -0.15) is 0 Å². The standard InChI is InChI=1S/C25H24ClNO3.Na.H/c26-23-4-2-1-3-22(23)24(28)15-27-21-12-11-17-7-10-19(13-20(17)14-21)16-5-8-18(9-6-16)25(29)30;;/h1-10,13,21,24,27-28H,11-12,14-15H2,(H,29,30);;/q;+1;-1/t21-,24+;;/m0../s1. The van der Waals surface area contributed by atoms with Crippen LogP contribution >= 0.6 is 11.6 Å². The fraction of sp³-hybridized carbons (Fsp3) is 0.240. The maximum Gasteiger partial charge on any atom is 1.00 e. The van der Waals surface area contributed by atoms with Crippen LogP contribution in [0.15, 0.2) is 66.7 Å². The molecule has 3 N–H and O–H groups in total. The molecule has 0 heterocycles. The molecule has 6 heteroatoms. The number of fused-ring (bicyclic) bond motifs is 1. The Morgan fingerprint density at radius 1 is 1.06 bits per heavy atom. The molecule has 3 aromatic carbocycles. The van der Waals surface area contributed by atoms with Gasteiger partial charge in [-0.3, -0.25) is 0 Å². The normalized spacial score (nSPS) is 16.1. The molecule has 0 saturated heterocycles. The van der Waals surface area contributed by atoms with E-state index in [1.807, 2.05) is 30.3 Å². The van der Waals surface area contributed by atoms with Crippen LogP contribution in [0.4, 0.5) is 0 Å². The molecule has 3 aromatic rings. The van der Waals surface area contributed by atoms with Crippen LogP contribution in [0, 0.1) is 0 Å². The Hall–Kier alpha value is -1.66. The smallest absolute Gasteiger partial charge is 1.00 e. The van der Waals surface area contributed by atoms with E-state index in [0.717, 1.165) is 36.0 Å². The molecule has 0 amide bonds. The van der Waals surface area contributed by atoms with Crippen molar-refractivity contribution in [3.8, 4) is 11.1 Å². The predicted octanol–water partition coefficient (Wildman–Crippen LogP) is 2.00. The third-order valence-electron chi connectivity index (χ3n) is 5.76. The number of hydrogen-bond acceptors (Lipinski definition) is 3. The van der Waals surface area contributed by atoms with Crippen molar-refractivity contribution in [2.45, 2.75) is 31.4 Å². The molecule has 156 valence electrons.